The van der Waals surface area contributed by atoms with Gasteiger partial charge in [-0.25, -0.2) is 13.9 Å². The number of aromatic nitrogens is 4. The molecular formula is C11H7ClFN5. The lowest BCUT2D eigenvalue weighted by Crippen LogP contribution is -1.93. The Morgan fingerprint density at radius 1 is 1.33 bits per heavy atom. The molecular weight excluding hydrogens is 257 g/mol. The zero-order chi connectivity index (χ0) is 12.5. The van der Waals surface area contributed by atoms with Crippen molar-refractivity contribution in [3.05, 3.63) is 47.6 Å². The van der Waals surface area contributed by atoms with Gasteiger partial charge in [0.05, 0.1) is 12.4 Å². The van der Waals surface area contributed by atoms with Crippen LogP contribution in [0.5, 0.6) is 0 Å². The number of benzene rings is 1. The molecule has 2 aromatic heterocycles. The van der Waals surface area contributed by atoms with Crippen LogP contribution >= 0.6 is 11.6 Å². The van der Waals surface area contributed by atoms with Gasteiger partial charge < -0.3 is 5.32 Å². The van der Waals surface area contributed by atoms with E-state index in [0.29, 0.717) is 22.4 Å². The molecule has 0 spiro atoms. The molecule has 0 radical (unpaired) electrons. The molecule has 0 aliphatic rings. The quantitative estimate of drug-likeness (QED) is 0.772. The lowest BCUT2D eigenvalue weighted by molar-refractivity contribution is 0.628. The second kappa shape index (κ2) is 4.23. The first-order valence-electron chi connectivity index (χ1n) is 5.11. The second-order valence-electron chi connectivity index (χ2n) is 3.58. The van der Waals surface area contributed by atoms with Crippen LogP contribution in [-0.2, 0) is 0 Å². The fraction of sp³-hybridized carbons (Fsp3) is 0. The first-order chi connectivity index (χ1) is 8.70. The molecule has 1 aromatic carbocycles. The molecule has 0 atom stereocenters. The fourth-order valence-electron chi connectivity index (χ4n) is 1.52. The van der Waals surface area contributed by atoms with E-state index in [1.165, 1.54) is 22.8 Å². The number of halogens is 2. The normalized spacial score (nSPS) is 10.8. The Morgan fingerprint density at radius 2 is 2.22 bits per heavy atom. The van der Waals surface area contributed by atoms with E-state index in [-0.39, 0.29) is 5.82 Å². The summed E-state index contributed by atoms with van der Waals surface area (Å²) in [6, 6.07) is 6.05. The van der Waals surface area contributed by atoms with Crippen LogP contribution in [0.15, 0.2) is 36.7 Å². The molecule has 3 aromatic rings. The molecule has 5 nitrogen and oxygen atoms in total. The van der Waals surface area contributed by atoms with E-state index < -0.39 is 0 Å². The van der Waals surface area contributed by atoms with E-state index in [4.69, 9.17) is 11.6 Å². The third-order valence-corrected chi connectivity index (χ3v) is 2.47. The summed E-state index contributed by atoms with van der Waals surface area (Å²) in [6.07, 6.45) is 3.05. The van der Waals surface area contributed by atoms with E-state index in [1.807, 2.05) is 0 Å². The minimum atomic E-state index is -0.325. The van der Waals surface area contributed by atoms with Gasteiger partial charge in [-0.3, -0.25) is 0 Å². The summed E-state index contributed by atoms with van der Waals surface area (Å²) in [5.41, 5.74) is 1.13. The zero-order valence-corrected chi connectivity index (χ0v) is 9.76. The largest absolute Gasteiger partial charge is 0.323 e. The molecule has 0 saturated carbocycles. The Balaban J connectivity index is 1.95. The molecule has 7 heteroatoms. The van der Waals surface area contributed by atoms with Crippen LogP contribution in [0.25, 0.3) is 5.65 Å². The molecule has 18 heavy (non-hydrogen) atoms. The highest BCUT2D eigenvalue weighted by molar-refractivity contribution is 6.29. The lowest BCUT2D eigenvalue weighted by atomic mass is 10.3. The summed E-state index contributed by atoms with van der Waals surface area (Å²) in [5, 5.41) is 7.37. The smallest absolute Gasteiger partial charge is 0.247 e. The van der Waals surface area contributed by atoms with Crippen LogP contribution in [0.3, 0.4) is 0 Å². The maximum absolute atomic E-state index is 13.0. The Labute approximate surface area is 106 Å². The standard InChI is InChI=1S/C11H7ClFN5/c12-9-6-18-10(5-14-9)16-11(17-18)15-8-3-1-2-7(13)4-8/h1-6H,(H,15,17). The highest BCUT2D eigenvalue weighted by Gasteiger charge is 2.05. The molecule has 2 heterocycles. The molecule has 0 fully saturated rings. The van der Waals surface area contributed by atoms with Crippen LogP contribution in [0, 0.1) is 5.82 Å². The van der Waals surface area contributed by atoms with Crippen molar-refractivity contribution in [2.24, 2.45) is 0 Å². The van der Waals surface area contributed by atoms with Crippen molar-refractivity contribution >= 4 is 28.9 Å². The average Bonchev–Trinajstić information content (AvgIpc) is 2.70. The SMILES string of the molecule is Fc1cccc(Nc2nc3cnc(Cl)cn3n2)c1. The van der Waals surface area contributed by atoms with Gasteiger partial charge in [-0.15, -0.1) is 5.10 Å². The molecule has 0 saturated heterocycles. The van der Waals surface area contributed by atoms with Gasteiger partial charge in [0.2, 0.25) is 5.95 Å². The summed E-state index contributed by atoms with van der Waals surface area (Å²) in [7, 11) is 0. The van der Waals surface area contributed by atoms with Gasteiger partial charge in [-0.05, 0) is 18.2 Å². The second-order valence-corrected chi connectivity index (χ2v) is 3.97. The molecule has 1 N–H and O–H groups in total. The number of nitrogens with zero attached hydrogens (tertiary/aromatic N) is 4. The highest BCUT2D eigenvalue weighted by atomic mass is 35.5. The first-order valence-corrected chi connectivity index (χ1v) is 5.49. The summed E-state index contributed by atoms with van der Waals surface area (Å²) >= 11 is 5.74. The van der Waals surface area contributed by atoms with Gasteiger partial charge in [0.1, 0.15) is 11.0 Å². The van der Waals surface area contributed by atoms with E-state index in [1.54, 1.807) is 18.3 Å². The van der Waals surface area contributed by atoms with Gasteiger partial charge >= 0.3 is 0 Å². The van der Waals surface area contributed by atoms with Crippen molar-refractivity contribution in [3.63, 3.8) is 0 Å². The molecule has 90 valence electrons. The number of rotatable bonds is 2. The number of nitrogens with one attached hydrogen (secondary N) is 1. The van der Waals surface area contributed by atoms with Crippen molar-refractivity contribution in [1.29, 1.82) is 0 Å². The van der Waals surface area contributed by atoms with Crippen molar-refractivity contribution in [1.82, 2.24) is 19.6 Å². The van der Waals surface area contributed by atoms with E-state index in [0.717, 1.165) is 0 Å². The van der Waals surface area contributed by atoms with Crippen molar-refractivity contribution in [2.75, 3.05) is 5.32 Å². The molecule has 0 bridgehead atoms. The van der Waals surface area contributed by atoms with E-state index in [9.17, 15) is 4.39 Å². The molecule has 3 rings (SSSR count). The molecule has 0 aliphatic heterocycles. The van der Waals surface area contributed by atoms with Gasteiger partial charge in [0.15, 0.2) is 5.65 Å². The van der Waals surface area contributed by atoms with Gasteiger partial charge in [0.25, 0.3) is 0 Å². The monoisotopic (exact) mass is 263 g/mol. The summed E-state index contributed by atoms with van der Waals surface area (Å²) < 4.78 is 14.5. The first kappa shape index (κ1) is 10.9. The summed E-state index contributed by atoms with van der Waals surface area (Å²) in [4.78, 5) is 8.07. The van der Waals surface area contributed by atoms with E-state index in [2.05, 4.69) is 20.4 Å². The van der Waals surface area contributed by atoms with Gasteiger partial charge in [-0.2, -0.15) is 4.98 Å². The Bertz CT molecular complexity index is 711. The number of hydrogen-bond donors (Lipinski definition) is 1. The average molecular weight is 264 g/mol. The Hall–Kier alpha value is -2.21. The van der Waals surface area contributed by atoms with Crippen LogP contribution in [0.1, 0.15) is 0 Å². The van der Waals surface area contributed by atoms with Crippen LogP contribution in [0.2, 0.25) is 5.15 Å². The molecule has 0 amide bonds. The topological polar surface area (TPSA) is 55.1 Å². The van der Waals surface area contributed by atoms with Crippen LogP contribution in [0.4, 0.5) is 16.0 Å². The third kappa shape index (κ3) is 2.10. The van der Waals surface area contributed by atoms with Crippen molar-refractivity contribution in [2.45, 2.75) is 0 Å². The maximum atomic E-state index is 13.0. The maximum Gasteiger partial charge on any atom is 0.247 e. The molecule has 0 unspecified atom stereocenters. The Morgan fingerprint density at radius 3 is 3.06 bits per heavy atom. The highest BCUT2D eigenvalue weighted by Crippen LogP contribution is 2.15. The lowest BCUT2D eigenvalue weighted by Gasteiger charge is -2.00. The van der Waals surface area contributed by atoms with E-state index >= 15 is 0 Å². The minimum Gasteiger partial charge on any atom is -0.323 e. The minimum absolute atomic E-state index is 0.324. The predicted molar refractivity (Wildman–Crippen MR) is 65.5 cm³/mol. The zero-order valence-electron chi connectivity index (χ0n) is 9.01. The summed E-state index contributed by atoms with van der Waals surface area (Å²) in [6.45, 7) is 0. The van der Waals surface area contributed by atoms with Crippen molar-refractivity contribution in [3.8, 4) is 0 Å². The fourth-order valence-corrected chi connectivity index (χ4v) is 1.66. The molecule has 0 aliphatic carbocycles. The summed E-state index contributed by atoms with van der Waals surface area (Å²) in [5.74, 6) is 0.0261. The van der Waals surface area contributed by atoms with Crippen LogP contribution < -0.4 is 5.32 Å². The van der Waals surface area contributed by atoms with Crippen molar-refractivity contribution < 1.29 is 4.39 Å². The number of fused-ring (bicyclic) bond motifs is 1. The van der Waals surface area contributed by atoms with Crippen LogP contribution in [-0.4, -0.2) is 19.6 Å². The van der Waals surface area contributed by atoms with Gasteiger partial charge in [0, 0.05) is 5.69 Å². The number of anilines is 2. The number of hydrogen-bond acceptors (Lipinski definition) is 4. The Kier molecular flexibility index (Phi) is 2.56. The van der Waals surface area contributed by atoms with Gasteiger partial charge in [-0.1, -0.05) is 17.7 Å². The third-order valence-electron chi connectivity index (χ3n) is 2.27. The predicted octanol–water partition coefficient (Wildman–Crippen LogP) is 2.66.